The van der Waals surface area contributed by atoms with Gasteiger partial charge in [-0.3, -0.25) is 18.6 Å². The Hall–Kier alpha value is -0.710. The summed E-state index contributed by atoms with van der Waals surface area (Å²) in [6.45, 7) is 0. The van der Waals surface area contributed by atoms with Gasteiger partial charge in [0, 0.05) is 27.1 Å². The fourth-order valence-electron chi connectivity index (χ4n) is 1.08. The molecule has 0 aromatic rings. The molecule has 0 unspecified atom stereocenters. The number of hydrogen-bond donors (Lipinski definition) is 0. The van der Waals surface area contributed by atoms with Gasteiger partial charge in [-0.2, -0.15) is 4.67 Å². The summed E-state index contributed by atoms with van der Waals surface area (Å²) in [7, 11) is -1.45. The molecule has 0 atom stereocenters. The van der Waals surface area contributed by atoms with E-state index in [0.29, 0.717) is 4.67 Å². The zero-order valence-electron chi connectivity index (χ0n) is 7.35. The quantitative estimate of drug-likeness (QED) is 0.498. The number of imide groups is 1. The van der Waals surface area contributed by atoms with Crippen molar-refractivity contribution in [1.82, 2.24) is 4.67 Å². The van der Waals surface area contributed by atoms with Crippen LogP contribution in [0, 0.1) is 0 Å². The molecule has 0 aromatic heterocycles. The van der Waals surface area contributed by atoms with Crippen molar-refractivity contribution in [3.63, 3.8) is 0 Å². The lowest BCUT2D eigenvalue weighted by Crippen LogP contribution is -2.27. The van der Waals surface area contributed by atoms with Gasteiger partial charge in [0.1, 0.15) is 0 Å². The Morgan fingerprint density at radius 1 is 1.15 bits per heavy atom. The number of carbonyl (C=O) groups is 2. The number of rotatable bonds is 3. The second-order valence-electron chi connectivity index (χ2n) is 2.43. The van der Waals surface area contributed by atoms with Gasteiger partial charge < -0.3 is 0 Å². The van der Waals surface area contributed by atoms with Gasteiger partial charge in [-0.05, 0) is 0 Å². The molecule has 0 N–H and O–H groups in total. The first-order valence-corrected chi connectivity index (χ1v) is 5.12. The predicted molar refractivity (Wildman–Crippen MR) is 42.7 cm³/mol. The highest BCUT2D eigenvalue weighted by atomic mass is 31.2. The third kappa shape index (κ3) is 1.65. The van der Waals surface area contributed by atoms with Crippen molar-refractivity contribution >= 4 is 19.6 Å². The number of hydrogen-bond acceptors (Lipinski definition) is 5. The fourth-order valence-corrected chi connectivity index (χ4v) is 2.30. The van der Waals surface area contributed by atoms with Crippen molar-refractivity contribution in [2.24, 2.45) is 0 Å². The summed E-state index contributed by atoms with van der Waals surface area (Å²) >= 11 is 0. The molecular formula is C6H10NO5P. The van der Waals surface area contributed by atoms with Gasteiger partial charge >= 0.3 is 7.75 Å². The molecule has 74 valence electrons. The van der Waals surface area contributed by atoms with E-state index in [1.165, 1.54) is 0 Å². The molecule has 7 heteroatoms. The SMILES string of the molecule is COP(=O)(OC)N1C(=O)CCC1=O. The Morgan fingerprint density at radius 2 is 1.54 bits per heavy atom. The predicted octanol–water partition coefficient (Wildman–Crippen LogP) is 0.536. The van der Waals surface area contributed by atoms with Gasteiger partial charge in [0.2, 0.25) is 11.8 Å². The highest BCUT2D eigenvalue weighted by Crippen LogP contribution is 2.52. The number of carbonyl (C=O) groups excluding carboxylic acids is 2. The topological polar surface area (TPSA) is 72.9 Å². The Kier molecular flexibility index (Phi) is 2.85. The summed E-state index contributed by atoms with van der Waals surface area (Å²) in [6, 6.07) is 0. The molecule has 1 fully saturated rings. The maximum absolute atomic E-state index is 11.6. The zero-order valence-corrected chi connectivity index (χ0v) is 8.24. The Labute approximate surface area is 75.4 Å². The first kappa shape index (κ1) is 10.4. The van der Waals surface area contributed by atoms with E-state index in [1.807, 2.05) is 0 Å². The van der Waals surface area contributed by atoms with Gasteiger partial charge in [0.25, 0.3) is 0 Å². The standard InChI is InChI=1S/C6H10NO5P/c1-11-13(10,12-2)7-5(8)3-4-6(7)9/h3-4H2,1-2H3. The summed E-state index contributed by atoms with van der Waals surface area (Å²) in [5.41, 5.74) is 0. The summed E-state index contributed by atoms with van der Waals surface area (Å²) in [4.78, 5) is 22.2. The second-order valence-corrected chi connectivity index (χ2v) is 4.50. The molecule has 1 aliphatic heterocycles. The molecule has 1 rings (SSSR count). The third-order valence-corrected chi connectivity index (χ3v) is 3.59. The van der Waals surface area contributed by atoms with E-state index in [0.717, 1.165) is 14.2 Å². The van der Waals surface area contributed by atoms with Gasteiger partial charge in [-0.1, -0.05) is 0 Å². The zero-order chi connectivity index (χ0) is 10.1. The molecule has 0 aromatic carbocycles. The minimum absolute atomic E-state index is 0.0650. The van der Waals surface area contributed by atoms with Crippen molar-refractivity contribution in [2.45, 2.75) is 12.8 Å². The lowest BCUT2D eigenvalue weighted by atomic mass is 10.4. The van der Waals surface area contributed by atoms with Crippen molar-refractivity contribution in [3.8, 4) is 0 Å². The highest BCUT2D eigenvalue weighted by Gasteiger charge is 2.44. The van der Waals surface area contributed by atoms with Crippen LogP contribution >= 0.6 is 7.75 Å². The van der Waals surface area contributed by atoms with Crippen molar-refractivity contribution in [3.05, 3.63) is 0 Å². The molecule has 1 saturated heterocycles. The van der Waals surface area contributed by atoms with Crippen molar-refractivity contribution < 1.29 is 23.2 Å². The molecule has 0 radical (unpaired) electrons. The summed E-state index contributed by atoms with van der Waals surface area (Å²) < 4.78 is 21.2. The molecule has 0 saturated carbocycles. The van der Waals surface area contributed by atoms with Gasteiger partial charge in [-0.25, -0.2) is 4.57 Å². The Bertz CT molecular complexity index is 265. The van der Waals surface area contributed by atoms with Gasteiger partial charge in [0.05, 0.1) is 0 Å². The van der Waals surface area contributed by atoms with Gasteiger partial charge in [-0.15, -0.1) is 0 Å². The second kappa shape index (κ2) is 3.57. The number of nitrogens with zero attached hydrogens (tertiary/aromatic N) is 1. The molecule has 13 heavy (non-hydrogen) atoms. The minimum atomic E-state index is -3.71. The summed E-state index contributed by atoms with van der Waals surface area (Å²) in [6.07, 6.45) is 0.130. The third-order valence-electron chi connectivity index (χ3n) is 1.73. The van der Waals surface area contributed by atoms with Crippen LogP contribution in [0.15, 0.2) is 0 Å². The Balaban J connectivity index is 2.97. The van der Waals surface area contributed by atoms with Gasteiger partial charge in [0.15, 0.2) is 0 Å². The molecule has 1 heterocycles. The molecular weight excluding hydrogens is 197 g/mol. The van der Waals surface area contributed by atoms with E-state index in [2.05, 4.69) is 9.05 Å². The lowest BCUT2D eigenvalue weighted by Gasteiger charge is -2.21. The normalized spacial score (nSPS) is 18.5. The largest absolute Gasteiger partial charge is 0.443 e. The maximum Gasteiger partial charge on any atom is 0.443 e. The van der Waals surface area contributed by atoms with Crippen LogP contribution in [0.25, 0.3) is 0 Å². The van der Waals surface area contributed by atoms with Crippen LogP contribution in [0.3, 0.4) is 0 Å². The average Bonchev–Trinajstić information content (AvgIpc) is 2.46. The highest BCUT2D eigenvalue weighted by molar-refractivity contribution is 7.52. The van der Waals surface area contributed by atoms with Crippen molar-refractivity contribution in [1.29, 1.82) is 0 Å². The van der Waals surface area contributed by atoms with Crippen LogP contribution in [0.1, 0.15) is 12.8 Å². The van der Waals surface area contributed by atoms with Crippen molar-refractivity contribution in [2.75, 3.05) is 14.2 Å². The molecule has 1 aliphatic rings. The molecule has 2 amide bonds. The number of amides is 2. The van der Waals surface area contributed by atoms with E-state index < -0.39 is 19.6 Å². The van der Waals surface area contributed by atoms with Crippen LogP contribution in [0.5, 0.6) is 0 Å². The van der Waals surface area contributed by atoms with Crippen LogP contribution in [0.2, 0.25) is 0 Å². The monoisotopic (exact) mass is 207 g/mol. The van der Waals surface area contributed by atoms with E-state index >= 15 is 0 Å². The van der Waals surface area contributed by atoms with Crippen LogP contribution in [0.4, 0.5) is 0 Å². The van der Waals surface area contributed by atoms with Crippen LogP contribution < -0.4 is 0 Å². The molecule has 0 aliphatic carbocycles. The smallest absolute Gasteiger partial charge is 0.295 e. The van der Waals surface area contributed by atoms with Crippen LogP contribution in [-0.2, 0) is 23.2 Å². The first-order valence-electron chi connectivity index (χ1n) is 3.63. The first-order chi connectivity index (χ1) is 6.05. The average molecular weight is 207 g/mol. The fraction of sp³-hybridized carbons (Fsp3) is 0.667. The molecule has 0 bridgehead atoms. The summed E-state index contributed by atoms with van der Waals surface area (Å²) in [5.74, 6) is -1.03. The van der Waals surface area contributed by atoms with E-state index in [9.17, 15) is 14.2 Å². The lowest BCUT2D eigenvalue weighted by molar-refractivity contribution is -0.133. The van der Waals surface area contributed by atoms with Crippen LogP contribution in [-0.4, -0.2) is 30.7 Å². The van der Waals surface area contributed by atoms with E-state index in [-0.39, 0.29) is 12.8 Å². The summed E-state index contributed by atoms with van der Waals surface area (Å²) in [5, 5.41) is 0. The Morgan fingerprint density at radius 3 is 1.85 bits per heavy atom. The minimum Gasteiger partial charge on any atom is -0.295 e. The molecule has 0 spiro atoms. The molecule has 6 nitrogen and oxygen atoms in total. The van der Waals surface area contributed by atoms with E-state index in [1.54, 1.807) is 0 Å². The maximum atomic E-state index is 11.6. The van der Waals surface area contributed by atoms with E-state index in [4.69, 9.17) is 0 Å².